The van der Waals surface area contributed by atoms with Crippen LogP contribution in [0.4, 0.5) is 0 Å². The fourth-order valence-electron chi connectivity index (χ4n) is 5.89. The molecule has 2 aromatic rings. The molecule has 7 nitrogen and oxygen atoms in total. The molecular weight excluding hydrogens is 502 g/mol. The third-order valence-corrected chi connectivity index (χ3v) is 8.56. The average Bonchev–Trinajstić information content (AvgIpc) is 2.94. The Morgan fingerprint density at radius 1 is 0.950 bits per heavy atom. The number of hydrogen-bond donors (Lipinski definition) is 5. The van der Waals surface area contributed by atoms with Crippen molar-refractivity contribution in [1.82, 2.24) is 10.6 Å². The van der Waals surface area contributed by atoms with Crippen molar-refractivity contribution < 1.29 is 19.8 Å². The van der Waals surface area contributed by atoms with Crippen LogP contribution in [0.3, 0.4) is 0 Å². The van der Waals surface area contributed by atoms with Crippen LogP contribution in [-0.2, 0) is 16.0 Å². The zero-order chi connectivity index (χ0) is 29.2. The molecule has 2 aromatic carbocycles. The SMILES string of the molecule is CC[C@H](C)[C@H](NC(=O)[C@@H](N)CC1CCCCC1)C(=O)N[C@@H](Cc1ccc2ccccc2c1)[C@@H](O)[C@@H](O)CC(C)C. The lowest BCUT2D eigenvalue weighted by Gasteiger charge is -2.32. The molecular formula is C33H51N3O4. The number of nitrogens with one attached hydrogen (secondary N) is 2. The number of benzene rings is 2. The summed E-state index contributed by atoms with van der Waals surface area (Å²) in [6.45, 7) is 7.88. The number of carbonyl (C=O) groups is 2. The van der Waals surface area contributed by atoms with Crippen LogP contribution < -0.4 is 16.4 Å². The van der Waals surface area contributed by atoms with Crippen LogP contribution in [0.5, 0.6) is 0 Å². The van der Waals surface area contributed by atoms with E-state index in [0.717, 1.165) is 29.2 Å². The molecule has 1 saturated carbocycles. The predicted molar refractivity (Wildman–Crippen MR) is 162 cm³/mol. The van der Waals surface area contributed by atoms with Crippen LogP contribution in [-0.4, -0.2) is 52.4 Å². The largest absolute Gasteiger partial charge is 0.390 e. The molecule has 0 saturated heterocycles. The number of rotatable bonds is 14. The number of aliphatic hydroxyl groups is 2. The van der Waals surface area contributed by atoms with Crippen molar-refractivity contribution in [3.8, 4) is 0 Å². The first-order chi connectivity index (χ1) is 19.1. The standard InChI is InChI=1S/C33H51N3O4/c1-5-22(4)30(36-32(39)27(34)19-23-11-7-6-8-12-23)33(40)35-28(31(38)29(37)17-21(2)3)20-24-15-16-25-13-9-10-14-26(25)18-24/h9-10,13-16,18,21-23,27-31,37-38H,5-8,11-12,17,19-20,34H2,1-4H3,(H,35,40)(H,36,39)/t22-,27-,28-,29-,30-,31+/m0/s1. The number of nitrogens with two attached hydrogens (primary N) is 1. The molecule has 6 atom stereocenters. The molecule has 2 amide bonds. The van der Waals surface area contributed by atoms with Gasteiger partial charge in [0.2, 0.25) is 11.8 Å². The Balaban J connectivity index is 1.76. The molecule has 6 N–H and O–H groups in total. The molecule has 222 valence electrons. The van der Waals surface area contributed by atoms with Crippen molar-refractivity contribution in [3.05, 3.63) is 48.0 Å². The van der Waals surface area contributed by atoms with Gasteiger partial charge in [0, 0.05) is 0 Å². The summed E-state index contributed by atoms with van der Waals surface area (Å²) in [4.78, 5) is 26.8. The first-order valence-corrected chi connectivity index (χ1v) is 15.3. The smallest absolute Gasteiger partial charge is 0.243 e. The van der Waals surface area contributed by atoms with Crippen LogP contribution in [0.2, 0.25) is 0 Å². The fourth-order valence-corrected chi connectivity index (χ4v) is 5.89. The topological polar surface area (TPSA) is 125 Å². The lowest BCUT2D eigenvalue weighted by molar-refractivity contribution is -0.132. The maximum atomic E-state index is 13.7. The highest BCUT2D eigenvalue weighted by Gasteiger charge is 2.34. The van der Waals surface area contributed by atoms with Crippen molar-refractivity contribution >= 4 is 22.6 Å². The Morgan fingerprint density at radius 2 is 1.62 bits per heavy atom. The monoisotopic (exact) mass is 553 g/mol. The van der Waals surface area contributed by atoms with Gasteiger partial charge in [-0.05, 0) is 53.4 Å². The van der Waals surface area contributed by atoms with Gasteiger partial charge in [-0.1, -0.05) is 109 Å². The molecule has 0 heterocycles. The van der Waals surface area contributed by atoms with Gasteiger partial charge in [0.25, 0.3) is 0 Å². The Bertz CT molecular complexity index is 1080. The summed E-state index contributed by atoms with van der Waals surface area (Å²) in [5, 5.41) is 30.1. The molecule has 0 bridgehead atoms. The van der Waals surface area contributed by atoms with Crippen LogP contribution >= 0.6 is 0 Å². The van der Waals surface area contributed by atoms with Crippen molar-refractivity contribution in [2.75, 3.05) is 0 Å². The van der Waals surface area contributed by atoms with Crippen molar-refractivity contribution in [1.29, 1.82) is 0 Å². The fraction of sp³-hybridized carbons (Fsp3) is 0.636. The lowest BCUT2D eigenvalue weighted by Crippen LogP contribution is -2.58. The Morgan fingerprint density at radius 3 is 2.27 bits per heavy atom. The predicted octanol–water partition coefficient (Wildman–Crippen LogP) is 4.46. The highest BCUT2D eigenvalue weighted by Crippen LogP contribution is 2.27. The number of aliphatic hydroxyl groups excluding tert-OH is 2. The minimum atomic E-state index is -1.17. The minimum absolute atomic E-state index is 0.134. The number of hydrogen-bond acceptors (Lipinski definition) is 5. The maximum Gasteiger partial charge on any atom is 0.243 e. The van der Waals surface area contributed by atoms with Crippen molar-refractivity contribution in [2.24, 2.45) is 23.5 Å². The van der Waals surface area contributed by atoms with E-state index in [1.807, 2.05) is 70.2 Å². The summed E-state index contributed by atoms with van der Waals surface area (Å²) in [5.41, 5.74) is 7.25. The molecule has 0 spiro atoms. The van der Waals surface area contributed by atoms with E-state index in [1.165, 1.54) is 19.3 Å². The van der Waals surface area contributed by atoms with Gasteiger partial charge in [-0.15, -0.1) is 0 Å². The van der Waals surface area contributed by atoms with Gasteiger partial charge in [-0.2, -0.15) is 0 Å². The zero-order valence-electron chi connectivity index (χ0n) is 24.8. The van der Waals surface area contributed by atoms with Crippen molar-refractivity contribution in [2.45, 2.75) is 116 Å². The van der Waals surface area contributed by atoms with Gasteiger partial charge in [0.05, 0.1) is 18.2 Å². The van der Waals surface area contributed by atoms with Gasteiger partial charge in [-0.25, -0.2) is 0 Å². The third-order valence-electron chi connectivity index (χ3n) is 8.56. The second-order valence-electron chi connectivity index (χ2n) is 12.4. The van der Waals surface area contributed by atoms with E-state index < -0.39 is 30.3 Å². The molecule has 0 unspecified atom stereocenters. The van der Waals surface area contributed by atoms with Gasteiger partial charge < -0.3 is 26.6 Å². The third kappa shape index (κ3) is 9.28. The van der Waals surface area contributed by atoms with Gasteiger partial charge in [0.15, 0.2) is 0 Å². The van der Waals surface area contributed by atoms with E-state index >= 15 is 0 Å². The van der Waals surface area contributed by atoms with E-state index in [4.69, 9.17) is 5.73 Å². The molecule has 40 heavy (non-hydrogen) atoms. The number of carbonyl (C=O) groups excluding carboxylic acids is 2. The summed E-state index contributed by atoms with van der Waals surface area (Å²) in [7, 11) is 0. The van der Waals surface area contributed by atoms with E-state index in [9.17, 15) is 19.8 Å². The molecule has 0 radical (unpaired) electrons. The highest BCUT2D eigenvalue weighted by atomic mass is 16.3. The van der Waals surface area contributed by atoms with E-state index in [-0.39, 0.29) is 23.7 Å². The lowest BCUT2D eigenvalue weighted by atomic mass is 9.84. The maximum absolute atomic E-state index is 13.7. The minimum Gasteiger partial charge on any atom is -0.390 e. The second-order valence-corrected chi connectivity index (χ2v) is 12.4. The summed E-state index contributed by atoms with van der Waals surface area (Å²) in [6, 6.07) is 11.9. The molecule has 3 rings (SSSR count). The van der Waals surface area contributed by atoms with Crippen LogP contribution in [0, 0.1) is 17.8 Å². The Labute approximate surface area is 240 Å². The molecule has 0 aromatic heterocycles. The summed E-state index contributed by atoms with van der Waals surface area (Å²) in [5.74, 6) is -0.176. The van der Waals surface area contributed by atoms with E-state index in [0.29, 0.717) is 31.6 Å². The average molecular weight is 554 g/mol. The van der Waals surface area contributed by atoms with E-state index in [1.54, 1.807) is 0 Å². The van der Waals surface area contributed by atoms with Gasteiger partial charge in [-0.3, -0.25) is 9.59 Å². The summed E-state index contributed by atoms with van der Waals surface area (Å²) < 4.78 is 0. The van der Waals surface area contributed by atoms with E-state index in [2.05, 4.69) is 10.6 Å². The summed E-state index contributed by atoms with van der Waals surface area (Å²) >= 11 is 0. The number of fused-ring (bicyclic) bond motifs is 1. The number of amides is 2. The zero-order valence-corrected chi connectivity index (χ0v) is 24.8. The summed E-state index contributed by atoms with van der Waals surface area (Å²) in [6.07, 6.45) is 5.71. The van der Waals surface area contributed by atoms with Gasteiger partial charge >= 0.3 is 0 Å². The molecule has 1 aliphatic rings. The first kappa shape index (κ1) is 32.0. The quantitative estimate of drug-likeness (QED) is 0.236. The van der Waals surface area contributed by atoms with Crippen LogP contribution in [0.1, 0.15) is 84.6 Å². The highest BCUT2D eigenvalue weighted by molar-refractivity contribution is 5.90. The Kier molecular flexibility index (Phi) is 12.4. The van der Waals surface area contributed by atoms with Gasteiger partial charge in [0.1, 0.15) is 12.1 Å². The van der Waals surface area contributed by atoms with Crippen LogP contribution in [0.15, 0.2) is 42.5 Å². The van der Waals surface area contributed by atoms with Crippen molar-refractivity contribution in [3.63, 3.8) is 0 Å². The van der Waals surface area contributed by atoms with Crippen LogP contribution in [0.25, 0.3) is 10.8 Å². The Hall–Kier alpha value is -2.48. The molecule has 1 fully saturated rings. The first-order valence-electron chi connectivity index (χ1n) is 15.3. The normalized spacial score (nSPS) is 19.0. The molecule has 1 aliphatic carbocycles. The molecule has 0 aliphatic heterocycles. The second kappa shape index (κ2) is 15.5. The molecule has 7 heteroatoms.